The van der Waals surface area contributed by atoms with Crippen molar-refractivity contribution in [3.05, 3.63) is 40.5 Å². The van der Waals surface area contributed by atoms with Gasteiger partial charge in [-0.05, 0) is 49.9 Å². The number of benzene rings is 1. The highest BCUT2D eigenvalue weighted by molar-refractivity contribution is 7.18. The summed E-state index contributed by atoms with van der Waals surface area (Å²) in [5.74, 6) is 2.74. The van der Waals surface area contributed by atoms with Crippen LogP contribution in [-0.2, 0) is 10.2 Å². The summed E-state index contributed by atoms with van der Waals surface area (Å²) in [5.41, 5.74) is 2.17. The Labute approximate surface area is 204 Å². The van der Waals surface area contributed by atoms with Crippen LogP contribution < -0.4 is 19.7 Å². The van der Waals surface area contributed by atoms with Crippen molar-refractivity contribution in [3.63, 3.8) is 0 Å². The van der Waals surface area contributed by atoms with E-state index >= 15 is 0 Å². The van der Waals surface area contributed by atoms with Gasteiger partial charge < -0.3 is 19.7 Å². The summed E-state index contributed by atoms with van der Waals surface area (Å²) in [7, 11) is 0. The van der Waals surface area contributed by atoms with Crippen LogP contribution in [0.15, 0.2) is 24.5 Å². The summed E-state index contributed by atoms with van der Waals surface area (Å²) in [6.07, 6.45) is 3.31. The van der Waals surface area contributed by atoms with Crippen molar-refractivity contribution in [1.29, 1.82) is 0 Å². The van der Waals surface area contributed by atoms with Crippen LogP contribution in [0, 0.1) is 19.8 Å². The van der Waals surface area contributed by atoms with Crippen LogP contribution in [0.25, 0.3) is 10.2 Å². The molecule has 0 radical (unpaired) electrons. The molecule has 3 aromatic rings. The van der Waals surface area contributed by atoms with Crippen molar-refractivity contribution in [2.45, 2.75) is 46.0 Å². The molecule has 7 nitrogen and oxygen atoms in total. The van der Waals surface area contributed by atoms with E-state index in [1.807, 2.05) is 12.1 Å². The van der Waals surface area contributed by atoms with E-state index in [1.165, 1.54) is 10.4 Å². The molecule has 180 valence electrons. The summed E-state index contributed by atoms with van der Waals surface area (Å²) in [6, 6.07) is 6.06. The van der Waals surface area contributed by atoms with Gasteiger partial charge in [0.15, 0.2) is 11.5 Å². The van der Waals surface area contributed by atoms with Crippen LogP contribution in [0.2, 0.25) is 0 Å². The van der Waals surface area contributed by atoms with Crippen molar-refractivity contribution in [1.82, 2.24) is 15.3 Å². The average molecular weight is 481 g/mol. The molecule has 1 amide bonds. The van der Waals surface area contributed by atoms with Crippen LogP contribution in [0.4, 0.5) is 5.82 Å². The average Bonchev–Trinajstić information content (AvgIpc) is 3.15. The van der Waals surface area contributed by atoms with Crippen LogP contribution in [0.5, 0.6) is 11.5 Å². The van der Waals surface area contributed by atoms with Gasteiger partial charge in [0.1, 0.15) is 30.2 Å². The quantitative estimate of drug-likeness (QED) is 0.584. The molecule has 0 aliphatic carbocycles. The van der Waals surface area contributed by atoms with Gasteiger partial charge >= 0.3 is 0 Å². The van der Waals surface area contributed by atoms with Gasteiger partial charge in [0.25, 0.3) is 0 Å². The molecule has 8 heteroatoms. The van der Waals surface area contributed by atoms with Gasteiger partial charge in [-0.2, -0.15) is 0 Å². The van der Waals surface area contributed by atoms with Crippen molar-refractivity contribution >= 4 is 33.3 Å². The Balaban J connectivity index is 1.20. The van der Waals surface area contributed by atoms with E-state index in [1.54, 1.807) is 17.7 Å². The molecular weight excluding hydrogens is 448 g/mol. The third kappa shape index (κ3) is 4.31. The highest BCUT2D eigenvalue weighted by atomic mass is 32.1. The topological polar surface area (TPSA) is 76.6 Å². The first-order valence-electron chi connectivity index (χ1n) is 12.0. The van der Waals surface area contributed by atoms with Crippen LogP contribution >= 0.6 is 11.3 Å². The first-order chi connectivity index (χ1) is 16.3. The zero-order valence-electron chi connectivity index (χ0n) is 20.3. The summed E-state index contributed by atoms with van der Waals surface area (Å²) < 4.78 is 11.4. The van der Waals surface area contributed by atoms with Gasteiger partial charge in [-0.25, -0.2) is 9.97 Å². The number of carbonyl (C=O) groups is 1. The fraction of sp³-hybridized carbons (Fsp3) is 0.500. The molecule has 0 spiro atoms. The number of fused-ring (bicyclic) bond motifs is 2. The Kier molecular flexibility index (Phi) is 6.10. The monoisotopic (exact) mass is 480 g/mol. The molecule has 2 aromatic heterocycles. The van der Waals surface area contributed by atoms with Crippen molar-refractivity contribution in [2.75, 3.05) is 37.7 Å². The van der Waals surface area contributed by atoms with Gasteiger partial charge in [0.05, 0.1) is 5.39 Å². The number of piperidine rings is 1. The van der Waals surface area contributed by atoms with Gasteiger partial charge in [-0.3, -0.25) is 4.79 Å². The van der Waals surface area contributed by atoms with Crippen molar-refractivity contribution in [2.24, 2.45) is 5.92 Å². The van der Waals surface area contributed by atoms with E-state index < -0.39 is 0 Å². The van der Waals surface area contributed by atoms with E-state index in [4.69, 9.17) is 9.47 Å². The molecule has 0 bridgehead atoms. The first-order valence-corrected chi connectivity index (χ1v) is 12.8. The number of carbonyl (C=O) groups excluding carboxylic acids is 1. The Bertz CT molecular complexity index is 1210. The molecule has 4 heterocycles. The summed E-state index contributed by atoms with van der Waals surface area (Å²) in [4.78, 5) is 26.7. The largest absolute Gasteiger partial charge is 0.486 e. The highest BCUT2D eigenvalue weighted by Crippen LogP contribution is 2.36. The van der Waals surface area contributed by atoms with Crippen molar-refractivity contribution < 1.29 is 14.3 Å². The van der Waals surface area contributed by atoms with Crippen LogP contribution in [0.3, 0.4) is 0 Å². The van der Waals surface area contributed by atoms with Gasteiger partial charge in [0.2, 0.25) is 5.91 Å². The maximum absolute atomic E-state index is 13.0. The zero-order valence-corrected chi connectivity index (χ0v) is 21.1. The number of amides is 1. The normalized spacial score (nSPS) is 16.6. The number of hydrogen-bond acceptors (Lipinski definition) is 7. The molecule has 2 aliphatic rings. The molecule has 1 aromatic carbocycles. The standard InChI is InChI=1S/C26H32N4O3S/c1-16-17(2)34-25-22(16)23(28-15-29-25)30-9-7-18(8-10-30)24(31)27-14-26(3,4)19-5-6-20-21(13-19)33-12-11-32-20/h5-6,13,15,18H,7-12,14H2,1-4H3,(H,27,31). The SMILES string of the molecule is Cc1sc2ncnc(N3CCC(C(=O)NCC(C)(C)c4ccc5c(c4)OCCO5)CC3)c2c1C. The second-order valence-corrected chi connectivity index (χ2v) is 11.1. The number of hydrogen-bond donors (Lipinski definition) is 1. The number of nitrogens with one attached hydrogen (secondary N) is 1. The second-order valence-electron chi connectivity index (χ2n) is 9.88. The Morgan fingerprint density at radius 3 is 2.65 bits per heavy atom. The number of ether oxygens (including phenoxy) is 2. The number of aryl methyl sites for hydroxylation is 2. The van der Waals surface area contributed by atoms with E-state index in [0.29, 0.717) is 19.8 Å². The molecule has 1 saturated heterocycles. The van der Waals surface area contributed by atoms with Crippen LogP contribution in [0.1, 0.15) is 42.7 Å². The van der Waals surface area contributed by atoms with E-state index in [0.717, 1.165) is 59.0 Å². The minimum Gasteiger partial charge on any atom is -0.486 e. The molecule has 0 saturated carbocycles. The Morgan fingerprint density at radius 2 is 1.88 bits per heavy atom. The van der Waals surface area contributed by atoms with Crippen LogP contribution in [-0.4, -0.2) is 48.7 Å². The van der Waals surface area contributed by atoms with E-state index in [-0.39, 0.29) is 17.2 Å². The Hall–Kier alpha value is -2.87. The Morgan fingerprint density at radius 1 is 1.15 bits per heavy atom. The molecule has 2 aliphatic heterocycles. The zero-order chi connectivity index (χ0) is 23.9. The molecule has 1 fully saturated rings. The lowest BCUT2D eigenvalue weighted by Gasteiger charge is -2.33. The molecular formula is C26H32N4O3S. The minimum atomic E-state index is -0.215. The highest BCUT2D eigenvalue weighted by Gasteiger charge is 2.29. The third-order valence-corrected chi connectivity index (χ3v) is 8.25. The predicted octanol–water partition coefficient (Wildman–Crippen LogP) is 4.39. The number of rotatable bonds is 5. The molecule has 34 heavy (non-hydrogen) atoms. The lowest BCUT2D eigenvalue weighted by molar-refractivity contribution is -0.125. The van der Waals surface area contributed by atoms with Gasteiger partial charge in [-0.1, -0.05) is 19.9 Å². The van der Waals surface area contributed by atoms with Gasteiger partial charge in [-0.15, -0.1) is 11.3 Å². The van der Waals surface area contributed by atoms with E-state index in [9.17, 15) is 4.79 Å². The number of nitrogens with zero attached hydrogens (tertiary/aromatic N) is 3. The smallest absolute Gasteiger partial charge is 0.223 e. The molecule has 1 N–H and O–H groups in total. The summed E-state index contributed by atoms with van der Waals surface area (Å²) in [5, 5.41) is 4.38. The lowest BCUT2D eigenvalue weighted by Crippen LogP contribution is -2.44. The molecule has 5 rings (SSSR count). The molecule has 0 atom stereocenters. The maximum Gasteiger partial charge on any atom is 0.223 e. The number of anilines is 1. The lowest BCUT2D eigenvalue weighted by atomic mass is 9.84. The van der Waals surface area contributed by atoms with E-state index in [2.05, 4.69) is 53.9 Å². The maximum atomic E-state index is 13.0. The number of thiophene rings is 1. The summed E-state index contributed by atoms with van der Waals surface area (Å²) in [6.45, 7) is 11.9. The van der Waals surface area contributed by atoms with Crippen molar-refractivity contribution in [3.8, 4) is 11.5 Å². The van der Waals surface area contributed by atoms with Gasteiger partial charge in [0, 0.05) is 35.8 Å². The number of aromatic nitrogens is 2. The predicted molar refractivity (Wildman–Crippen MR) is 135 cm³/mol. The third-order valence-electron chi connectivity index (χ3n) is 7.14. The molecule has 0 unspecified atom stereocenters. The second kappa shape index (κ2) is 9.06. The minimum absolute atomic E-state index is 0.0231. The fourth-order valence-electron chi connectivity index (χ4n) is 4.78. The fourth-order valence-corrected chi connectivity index (χ4v) is 5.77. The first kappa shape index (κ1) is 22.9. The summed E-state index contributed by atoms with van der Waals surface area (Å²) >= 11 is 1.72.